The van der Waals surface area contributed by atoms with Gasteiger partial charge in [-0.05, 0) is 65.4 Å². The molecule has 0 aliphatic carbocycles. The molecule has 1 saturated heterocycles. The first-order chi connectivity index (χ1) is 8.31. The van der Waals surface area contributed by atoms with Crippen LogP contribution in [0.25, 0.3) is 0 Å². The van der Waals surface area contributed by atoms with Crippen molar-refractivity contribution < 1.29 is 4.74 Å². The van der Waals surface area contributed by atoms with E-state index in [0.717, 1.165) is 19.8 Å². The van der Waals surface area contributed by atoms with Crippen molar-refractivity contribution >= 4 is 33.9 Å². The summed E-state index contributed by atoms with van der Waals surface area (Å²) in [6.07, 6.45) is 3.68. The number of nitrogens with one attached hydrogen (secondary N) is 1. The normalized spacial score (nSPS) is 22.6. The highest BCUT2D eigenvalue weighted by atomic mass is 127. The van der Waals surface area contributed by atoms with Crippen LogP contribution in [-0.2, 0) is 4.74 Å². The highest BCUT2D eigenvalue weighted by Crippen LogP contribution is 2.31. The Balaban J connectivity index is 2.06. The molecule has 0 amide bonds. The molecule has 2 rings (SSSR count). The van der Waals surface area contributed by atoms with E-state index in [1.165, 1.54) is 27.7 Å². The summed E-state index contributed by atoms with van der Waals surface area (Å²) in [5, 5.41) is 5.99. The Morgan fingerprint density at radius 2 is 2.53 bits per heavy atom. The van der Waals surface area contributed by atoms with E-state index in [4.69, 9.17) is 4.74 Å². The van der Waals surface area contributed by atoms with Crippen LogP contribution in [-0.4, -0.2) is 19.8 Å². The van der Waals surface area contributed by atoms with Crippen LogP contribution >= 0.6 is 33.9 Å². The molecule has 1 N–H and O–H groups in total. The minimum atomic E-state index is 0.481. The van der Waals surface area contributed by atoms with Crippen LogP contribution in [0.1, 0.15) is 37.8 Å². The fourth-order valence-corrected chi connectivity index (χ4v) is 3.78. The largest absolute Gasteiger partial charge is 0.381 e. The summed E-state index contributed by atoms with van der Waals surface area (Å²) in [6.45, 7) is 5.17. The molecule has 96 valence electrons. The summed E-state index contributed by atoms with van der Waals surface area (Å²) in [5.41, 5.74) is 1.45. The Bertz CT molecular complexity index is 336. The van der Waals surface area contributed by atoms with Crippen molar-refractivity contribution in [3.05, 3.63) is 19.9 Å². The Labute approximate surface area is 121 Å². The molecular weight excluding hydrogens is 345 g/mol. The van der Waals surface area contributed by atoms with Gasteiger partial charge in [0.05, 0.1) is 9.49 Å². The van der Waals surface area contributed by atoms with E-state index in [2.05, 4.69) is 46.3 Å². The van der Waals surface area contributed by atoms with E-state index in [9.17, 15) is 0 Å². The second kappa shape index (κ2) is 7.07. The minimum Gasteiger partial charge on any atom is -0.381 e. The summed E-state index contributed by atoms with van der Waals surface area (Å²) in [6, 6.07) is 2.79. The Hall–Kier alpha value is 0.350. The summed E-state index contributed by atoms with van der Waals surface area (Å²) in [7, 11) is 0. The Morgan fingerprint density at radius 1 is 1.65 bits per heavy atom. The lowest BCUT2D eigenvalue weighted by Gasteiger charge is -2.30. The molecular formula is C13H20INOS. The van der Waals surface area contributed by atoms with Gasteiger partial charge in [0.15, 0.2) is 0 Å². The topological polar surface area (TPSA) is 21.3 Å². The van der Waals surface area contributed by atoms with Crippen LogP contribution < -0.4 is 5.32 Å². The number of hydrogen-bond donors (Lipinski definition) is 1. The average molecular weight is 365 g/mol. The molecule has 0 saturated carbocycles. The molecule has 0 spiro atoms. The smallest absolute Gasteiger partial charge is 0.0656 e. The van der Waals surface area contributed by atoms with Crippen LogP contribution in [0.3, 0.4) is 0 Å². The molecule has 1 aromatic heterocycles. The standard InChI is InChI=1S/C13H20INOS/c1-2-5-15-13(10-4-3-6-16-8-10)11-7-12(14)17-9-11/h7,9-10,13,15H,2-6,8H2,1H3. The maximum absolute atomic E-state index is 5.63. The van der Waals surface area contributed by atoms with Crippen LogP contribution in [0.5, 0.6) is 0 Å². The van der Waals surface area contributed by atoms with Gasteiger partial charge in [0.2, 0.25) is 0 Å². The maximum Gasteiger partial charge on any atom is 0.0656 e. The van der Waals surface area contributed by atoms with Gasteiger partial charge in [0.25, 0.3) is 0 Å². The van der Waals surface area contributed by atoms with Gasteiger partial charge < -0.3 is 10.1 Å². The van der Waals surface area contributed by atoms with Crippen molar-refractivity contribution in [3.63, 3.8) is 0 Å². The zero-order valence-corrected chi connectivity index (χ0v) is 13.2. The van der Waals surface area contributed by atoms with Crippen molar-refractivity contribution in [1.82, 2.24) is 5.32 Å². The highest BCUT2D eigenvalue weighted by molar-refractivity contribution is 14.1. The van der Waals surface area contributed by atoms with Gasteiger partial charge in [-0.15, -0.1) is 11.3 Å². The molecule has 0 radical (unpaired) electrons. The van der Waals surface area contributed by atoms with Crippen LogP contribution in [0.4, 0.5) is 0 Å². The molecule has 1 aliphatic heterocycles. The molecule has 1 aromatic rings. The summed E-state index contributed by atoms with van der Waals surface area (Å²) < 4.78 is 7.01. The summed E-state index contributed by atoms with van der Waals surface area (Å²) in [4.78, 5) is 0. The van der Waals surface area contributed by atoms with Crippen molar-refractivity contribution in [3.8, 4) is 0 Å². The maximum atomic E-state index is 5.63. The van der Waals surface area contributed by atoms with Crippen molar-refractivity contribution in [2.75, 3.05) is 19.8 Å². The number of rotatable bonds is 5. The quantitative estimate of drug-likeness (QED) is 0.801. The van der Waals surface area contributed by atoms with Gasteiger partial charge in [0, 0.05) is 18.6 Å². The zero-order valence-electron chi connectivity index (χ0n) is 10.2. The van der Waals surface area contributed by atoms with Gasteiger partial charge in [-0.2, -0.15) is 0 Å². The molecule has 17 heavy (non-hydrogen) atoms. The fraction of sp³-hybridized carbons (Fsp3) is 0.692. The van der Waals surface area contributed by atoms with Crippen molar-refractivity contribution in [2.45, 2.75) is 32.2 Å². The van der Waals surface area contributed by atoms with Crippen molar-refractivity contribution in [2.24, 2.45) is 5.92 Å². The molecule has 0 aromatic carbocycles. The molecule has 0 bridgehead atoms. The average Bonchev–Trinajstić information content (AvgIpc) is 2.78. The highest BCUT2D eigenvalue weighted by Gasteiger charge is 2.25. The second-order valence-electron chi connectivity index (χ2n) is 4.59. The third kappa shape index (κ3) is 3.91. The number of halogens is 1. The Kier molecular flexibility index (Phi) is 5.72. The number of thiophene rings is 1. The molecule has 1 fully saturated rings. The van der Waals surface area contributed by atoms with E-state index in [0.29, 0.717) is 12.0 Å². The van der Waals surface area contributed by atoms with E-state index < -0.39 is 0 Å². The molecule has 2 atom stereocenters. The zero-order chi connectivity index (χ0) is 12.1. The lowest BCUT2D eigenvalue weighted by atomic mass is 9.90. The van der Waals surface area contributed by atoms with E-state index in [1.807, 2.05) is 11.3 Å². The molecule has 4 heteroatoms. The monoisotopic (exact) mass is 365 g/mol. The molecule has 2 heterocycles. The van der Waals surface area contributed by atoms with Crippen LogP contribution in [0.2, 0.25) is 0 Å². The predicted octanol–water partition coefficient (Wildman–Crippen LogP) is 3.82. The molecule has 2 unspecified atom stereocenters. The molecule has 2 nitrogen and oxygen atoms in total. The van der Waals surface area contributed by atoms with E-state index in [1.54, 1.807) is 0 Å². The van der Waals surface area contributed by atoms with Gasteiger partial charge in [0.1, 0.15) is 0 Å². The van der Waals surface area contributed by atoms with Gasteiger partial charge >= 0.3 is 0 Å². The third-order valence-electron chi connectivity index (χ3n) is 3.23. The van der Waals surface area contributed by atoms with Gasteiger partial charge in [-0.1, -0.05) is 6.92 Å². The summed E-state index contributed by atoms with van der Waals surface area (Å²) in [5.74, 6) is 0.640. The van der Waals surface area contributed by atoms with Crippen LogP contribution in [0.15, 0.2) is 11.4 Å². The SMILES string of the molecule is CCCNC(c1csc(I)c1)C1CCCOC1. The number of hydrogen-bond acceptors (Lipinski definition) is 3. The first-order valence-electron chi connectivity index (χ1n) is 6.36. The van der Waals surface area contributed by atoms with Crippen LogP contribution in [0, 0.1) is 8.80 Å². The predicted molar refractivity (Wildman–Crippen MR) is 81.6 cm³/mol. The third-order valence-corrected chi connectivity index (χ3v) is 5.04. The van der Waals surface area contributed by atoms with E-state index >= 15 is 0 Å². The minimum absolute atomic E-state index is 0.481. The van der Waals surface area contributed by atoms with Gasteiger partial charge in [-0.25, -0.2) is 0 Å². The first kappa shape index (κ1) is 13.8. The fourth-order valence-electron chi connectivity index (χ4n) is 2.37. The van der Waals surface area contributed by atoms with Crippen molar-refractivity contribution in [1.29, 1.82) is 0 Å². The first-order valence-corrected chi connectivity index (χ1v) is 8.32. The molecule has 1 aliphatic rings. The second-order valence-corrected chi connectivity index (χ2v) is 7.40. The van der Waals surface area contributed by atoms with Gasteiger partial charge in [-0.3, -0.25) is 0 Å². The lowest BCUT2D eigenvalue weighted by molar-refractivity contribution is 0.0391. The Morgan fingerprint density at radius 3 is 3.12 bits per heavy atom. The summed E-state index contributed by atoms with van der Waals surface area (Å²) >= 11 is 4.24. The number of ether oxygens (including phenoxy) is 1. The van der Waals surface area contributed by atoms with E-state index in [-0.39, 0.29) is 0 Å². The lowest BCUT2D eigenvalue weighted by Crippen LogP contribution is -2.33.